The third kappa shape index (κ3) is 2.11. The van der Waals surface area contributed by atoms with Gasteiger partial charge in [-0.15, -0.1) is 0 Å². The van der Waals surface area contributed by atoms with Crippen molar-refractivity contribution in [3.8, 4) is 5.69 Å². The predicted molar refractivity (Wildman–Crippen MR) is 78.2 cm³/mol. The van der Waals surface area contributed by atoms with E-state index in [0.29, 0.717) is 0 Å². The fourth-order valence-corrected chi connectivity index (χ4v) is 2.85. The zero-order valence-electron chi connectivity index (χ0n) is 12.0. The van der Waals surface area contributed by atoms with Gasteiger partial charge in [-0.2, -0.15) is 5.10 Å². The minimum Gasteiger partial charge on any atom is -0.339 e. The number of likely N-dealkylation sites (tertiary alicyclic amines) is 1. The highest BCUT2D eigenvalue weighted by atomic mass is 16.2. The standard InChI is InChI=1S/C16H19N3O/c1-12-15(16(20)18-10-6-7-11-18)13(2)19(17-12)14-8-4-3-5-9-14/h3-5,8-9H,6-7,10-11H2,1-2H3. The van der Waals surface area contributed by atoms with E-state index < -0.39 is 0 Å². The Labute approximate surface area is 119 Å². The Morgan fingerprint density at radius 3 is 2.40 bits per heavy atom. The second kappa shape index (κ2) is 5.12. The summed E-state index contributed by atoms with van der Waals surface area (Å²) in [7, 11) is 0. The van der Waals surface area contributed by atoms with Crippen LogP contribution in [0.2, 0.25) is 0 Å². The maximum Gasteiger partial charge on any atom is 0.257 e. The molecule has 4 nitrogen and oxygen atoms in total. The molecule has 0 N–H and O–H groups in total. The van der Waals surface area contributed by atoms with E-state index in [0.717, 1.165) is 48.6 Å². The van der Waals surface area contributed by atoms with Crippen LogP contribution in [0.4, 0.5) is 0 Å². The lowest BCUT2D eigenvalue weighted by Crippen LogP contribution is -2.28. The first-order chi connectivity index (χ1) is 9.68. The SMILES string of the molecule is Cc1nn(-c2ccccc2)c(C)c1C(=O)N1CCCC1. The summed E-state index contributed by atoms with van der Waals surface area (Å²) in [6, 6.07) is 9.94. The molecule has 4 heteroatoms. The Balaban J connectivity index is 2.01. The molecule has 0 spiro atoms. The van der Waals surface area contributed by atoms with Gasteiger partial charge in [-0.05, 0) is 38.8 Å². The van der Waals surface area contributed by atoms with Crippen molar-refractivity contribution in [1.29, 1.82) is 0 Å². The molecule has 20 heavy (non-hydrogen) atoms. The number of hydrogen-bond acceptors (Lipinski definition) is 2. The Morgan fingerprint density at radius 2 is 1.75 bits per heavy atom. The fraction of sp³-hybridized carbons (Fsp3) is 0.375. The molecular weight excluding hydrogens is 250 g/mol. The highest BCUT2D eigenvalue weighted by Crippen LogP contribution is 2.21. The van der Waals surface area contributed by atoms with Gasteiger partial charge >= 0.3 is 0 Å². The zero-order valence-corrected chi connectivity index (χ0v) is 12.0. The molecule has 3 rings (SSSR count). The van der Waals surface area contributed by atoms with Crippen LogP contribution in [0.15, 0.2) is 30.3 Å². The number of para-hydroxylation sites is 1. The van der Waals surface area contributed by atoms with Crippen molar-refractivity contribution in [2.75, 3.05) is 13.1 Å². The first-order valence-corrected chi connectivity index (χ1v) is 7.09. The summed E-state index contributed by atoms with van der Waals surface area (Å²) in [4.78, 5) is 14.5. The van der Waals surface area contributed by atoms with Gasteiger partial charge in [0, 0.05) is 13.1 Å². The maximum atomic E-state index is 12.6. The normalized spacial score (nSPS) is 14.8. The van der Waals surface area contributed by atoms with Crippen molar-refractivity contribution in [2.24, 2.45) is 0 Å². The highest BCUT2D eigenvalue weighted by molar-refractivity contribution is 5.96. The molecule has 1 aliphatic rings. The van der Waals surface area contributed by atoms with Crippen LogP contribution in [0.3, 0.4) is 0 Å². The van der Waals surface area contributed by atoms with Gasteiger partial charge in [0.2, 0.25) is 0 Å². The second-order valence-corrected chi connectivity index (χ2v) is 5.29. The smallest absolute Gasteiger partial charge is 0.257 e. The van der Waals surface area contributed by atoms with Crippen LogP contribution in [0.5, 0.6) is 0 Å². The number of hydrogen-bond donors (Lipinski definition) is 0. The van der Waals surface area contributed by atoms with E-state index in [1.54, 1.807) is 0 Å². The molecule has 1 amide bonds. The van der Waals surface area contributed by atoms with Gasteiger partial charge < -0.3 is 4.90 Å². The largest absolute Gasteiger partial charge is 0.339 e. The molecular formula is C16H19N3O. The first kappa shape index (κ1) is 12.9. The van der Waals surface area contributed by atoms with Crippen molar-refractivity contribution < 1.29 is 4.79 Å². The molecule has 2 heterocycles. The van der Waals surface area contributed by atoms with Crippen LogP contribution in [-0.4, -0.2) is 33.7 Å². The van der Waals surface area contributed by atoms with Crippen LogP contribution >= 0.6 is 0 Å². The molecule has 0 saturated carbocycles. The molecule has 1 saturated heterocycles. The number of benzene rings is 1. The van der Waals surface area contributed by atoms with Crippen molar-refractivity contribution in [3.05, 3.63) is 47.3 Å². The molecule has 2 aromatic rings. The van der Waals surface area contributed by atoms with Crippen molar-refractivity contribution in [1.82, 2.24) is 14.7 Å². The van der Waals surface area contributed by atoms with E-state index in [1.807, 2.05) is 53.8 Å². The number of carbonyl (C=O) groups excluding carboxylic acids is 1. The number of rotatable bonds is 2. The quantitative estimate of drug-likeness (QED) is 0.840. The monoisotopic (exact) mass is 269 g/mol. The van der Waals surface area contributed by atoms with Gasteiger partial charge in [0.1, 0.15) is 0 Å². The Kier molecular flexibility index (Phi) is 3.30. The van der Waals surface area contributed by atoms with Crippen LogP contribution in [-0.2, 0) is 0 Å². The van der Waals surface area contributed by atoms with Crippen LogP contribution in [0, 0.1) is 13.8 Å². The first-order valence-electron chi connectivity index (χ1n) is 7.09. The van der Waals surface area contributed by atoms with Crippen LogP contribution in [0.1, 0.15) is 34.6 Å². The van der Waals surface area contributed by atoms with E-state index in [9.17, 15) is 4.79 Å². The molecule has 1 aromatic heterocycles. The zero-order chi connectivity index (χ0) is 14.1. The van der Waals surface area contributed by atoms with Crippen molar-refractivity contribution >= 4 is 5.91 Å². The lowest BCUT2D eigenvalue weighted by atomic mass is 10.1. The third-order valence-corrected chi connectivity index (χ3v) is 3.90. The summed E-state index contributed by atoms with van der Waals surface area (Å²) in [6.45, 7) is 5.62. The topological polar surface area (TPSA) is 38.1 Å². The number of carbonyl (C=O) groups is 1. The van der Waals surface area contributed by atoms with Gasteiger partial charge in [0.15, 0.2) is 0 Å². The number of aryl methyl sites for hydroxylation is 1. The van der Waals surface area contributed by atoms with Crippen molar-refractivity contribution in [3.63, 3.8) is 0 Å². The molecule has 0 atom stereocenters. The number of nitrogens with zero attached hydrogens (tertiary/aromatic N) is 3. The Bertz CT molecular complexity index is 625. The maximum absolute atomic E-state index is 12.6. The molecule has 1 fully saturated rings. The van der Waals surface area contributed by atoms with Gasteiger partial charge in [-0.25, -0.2) is 4.68 Å². The number of aromatic nitrogens is 2. The van der Waals surface area contributed by atoms with E-state index in [2.05, 4.69) is 5.10 Å². The molecule has 0 unspecified atom stereocenters. The average molecular weight is 269 g/mol. The molecule has 0 bridgehead atoms. The van der Waals surface area contributed by atoms with E-state index in [-0.39, 0.29) is 5.91 Å². The van der Waals surface area contributed by atoms with E-state index in [4.69, 9.17) is 0 Å². The summed E-state index contributed by atoms with van der Waals surface area (Å²) in [6.07, 6.45) is 2.22. The summed E-state index contributed by atoms with van der Waals surface area (Å²) in [5, 5.41) is 4.54. The summed E-state index contributed by atoms with van der Waals surface area (Å²) in [5.41, 5.74) is 3.48. The fourth-order valence-electron chi connectivity index (χ4n) is 2.85. The summed E-state index contributed by atoms with van der Waals surface area (Å²) < 4.78 is 1.86. The van der Waals surface area contributed by atoms with Gasteiger partial charge in [-0.3, -0.25) is 4.79 Å². The Hall–Kier alpha value is -2.10. The molecule has 104 valence electrons. The minimum absolute atomic E-state index is 0.125. The molecule has 1 aromatic carbocycles. The van der Waals surface area contributed by atoms with Gasteiger partial charge in [0.25, 0.3) is 5.91 Å². The molecule has 1 aliphatic heterocycles. The summed E-state index contributed by atoms with van der Waals surface area (Å²) >= 11 is 0. The van der Waals surface area contributed by atoms with Crippen molar-refractivity contribution in [2.45, 2.75) is 26.7 Å². The number of amides is 1. The molecule has 0 aliphatic carbocycles. The summed E-state index contributed by atoms with van der Waals surface area (Å²) in [5.74, 6) is 0.125. The molecule has 0 radical (unpaired) electrons. The second-order valence-electron chi connectivity index (χ2n) is 5.29. The third-order valence-electron chi connectivity index (χ3n) is 3.90. The van der Waals surface area contributed by atoms with Crippen LogP contribution in [0.25, 0.3) is 5.69 Å². The van der Waals surface area contributed by atoms with Crippen LogP contribution < -0.4 is 0 Å². The Morgan fingerprint density at radius 1 is 1.10 bits per heavy atom. The lowest BCUT2D eigenvalue weighted by Gasteiger charge is -2.15. The lowest BCUT2D eigenvalue weighted by molar-refractivity contribution is 0.0791. The van der Waals surface area contributed by atoms with Gasteiger partial charge in [-0.1, -0.05) is 18.2 Å². The highest BCUT2D eigenvalue weighted by Gasteiger charge is 2.25. The van der Waals surface area contributed by atoms with E-state index in [1.165, 1.54) is 0 Å². The minimum atomic E-state index is 0.125. The van der Waals surface area contributed by atoms with E-state index >= 15 is 0 Å². The average Bonchev–Trinajstić information content (AvgIpc) is 3.08. The van der Waals surface area contributed by atoms with Gasteiger partial charge in [0.05, 0.1) is 22.6 Å². The predicted octanol–water partition coefficient (Wildman–Crippen LogP) is 2.73.